The fraction of sp³-hybridized carbons (Fsp3) is 0.385. The van der Waals surface area contributed by atoms with Crippen LogP contribution in [0, 0.1) is 0 Å². The highest BCUT2D eigenvalue weighted by molar-refractivity contribution is 5.95. The molecule has 1 atom stereocenters. The topological polar surface area (TPSA) is 86.3 Å². The Balaban J connectivity index is 2.13. The van der Waals surface area contributed by atoms with Gasteiger partial charge in [-0.3, -0.25) is 4.90 Å². The summed E-state index contributed by atoms with van der Waals surface area (Å²) < 4.78 is 22.5. The smallest absolute Gasteiger partial charge is 0.338 e. The van der Waals surface area contributed by atoms with E-state index in [1.807, 2.05) is 24.3 Å². The summed E-state index contributed by atoms with van der Waals surface area (Å²) in [6.45, 7) is 6.09. The number of hydrogen-bond acceptors (Lipinski definition) is 6. The molecule has 1 aliphatic heterocycles. The summed E-state index contributed by atoms with van der Waals surface area (Å²) in [6, 6.07) is 11.8. The van der Waals surface area contributed by atoms with Crippen molar-refractivity contribution in [2.24, 2.45) is 0 Å². The molecule has 2 aromatic carbocycles. The number of carbonyl (C=O) groups is 2. The van der Waals surface area contributed by atoms with Crippen molar-refractivity contribution in [1.29, 1.82) is 0 Å². The molecule has 1 unspecified atom stereocenters. The predicted molar refractivity (Wildman–Crippen MR) is 128 cm³/mol. The van der Waals surface area contributed by atoms with E-state index < -0.39 is 12.0 Å². The van der Waals surface area contributed by atoms with Crippen LogP contribution in [0.3, 0.4) is 0 Å². The molecule has 0 spiro atoms. The highest BCUT2D eigenvalue weighted by Gasteiger charge is 2.39. The number of carbonyl (C=O) groups excluding carboxylic acids is 2. The second-order valence-corrected chi connectivity index (χ2v) is 8.09. The van der Waals surface area contributed by atoms with Crippen molar-refractivity contribution in [1.82, 2.24) is 10.2 Å². The van der Waals surface area contributed by atoms with Gasteiger partial charge in [-0.15, -0.1) is 0 Å². The number of methoxy groups -OCH3 is 2. The van der Waals surface area contributed by atoms with E-state index in [1.165, 1.54) is 19.1 Å². The van der Waals surface area contributed by atoms with Gasteiger partial charge in [0.05, 0.1) is 38.1 Å². The summed E-state index contributed by atoms with van der Waals surface area (Å²) in [7, 11) is 4.64. The van der Waals surface area contributed by atoms with Crippen LogP contribution >= 0.6 is 0 Å². The van der Waals surface area contributed by atoms with E-state index in [1.54, 1.807) is 32.2 Å². The SMILES string of the molecule is CCOC(=O)C1=C(COc2ccccc2C(C)C)N(C)C(=O)NC1c1cccc(OC)c1OC. The highest BCUT2D eigenvalue weighted by atomic mass is 16.5. The zero-order valence-electron chi connectivity index (χ0n) is 20.5. The molecular weight excluding hydrogens is 436 g/mol. The van der Waals surface area contributed by atoms with Crippen LogP contribution in [0.25, 0.3) is 0 Å². The molecule has 34 heavy (non-hydrogen) atoms. The standard InChI is InChI=1S/C26H32N2O6/c1-7-33-25(29)22-19(15-34-20-13-9-8-11-17(20)16(2)3)28(4)26(30)27-23(22)18-12-10-14-21(31-5)24(18)32-6/h8-14,16,23H,7,15H2,1-6H3,(H,27,30). The average molecular weight is 469 g/mol. The largest absolute Gasteiger partial charge is 0.493 e. The first kappa shape index (κ1) is 25.0. The number of nitrogens with one attached hydrogen (secondary N) is 1. The molecule has 0 radical (unpaired) electrons. The molecule has 0 saturated heterocycles. The number of likely N-dealkylation sites (N-methyl/N-ethyl adjacent to an activating group) is 1. The van der Waals surface area contributed by atoms with Crippen LogP contribution in [0.1, 0.15) is 43.9 Å². The molecule has 0 saturated carbocycles. The van der Waals surface area contributed by atoms with Crippen molar-refractivity contribution in [2.45, 2.75) is 32.7 Å². The van der Waals surface area contributed by atoms with Gasteiger partial charge < -0.3 is 24.3 Å². The molecule has 1 aliphatic rings. The number of ether oxygens (including phenoxy) is 4. The van der Waals surface area contributed by atoms with E-state index >= 15 is 0 Å². The first-order valence-electron chi connectivity index (χ1n) is 11.2. The van der Waals surface area contributed by atoms with E-state index in [9.17, 15) is 9.59 Å². The van der Waals surface area contributed by atoms with Crippen molar-refractivity contribution in [3.63, 3.8) is 0 Å². The van der Waals surface area contributed by atoms with Crippen LogP contribution in [0.2, 0.25) is 0 Å². The lowest BCUT2D eigenvalue weighted by Gasteiger charge is -2.35. The number of rotatable bonds is 9. The van der Waals surface area contributed by atoms with Gasteiger partial charge in [-0.1, -0.05) is 44.2 Å². The summed E-state index contributed by atoms with van der Waals surface area (Å²) in [4.78, 5) is 27.5. The van der Waals surface area contributed by atoms with Gasteiger partial charge in [-0.25, -0.2) is 9.59 Å². The van der Waals surface area contributed by atoms with Crippen molar-refractivity contribution in [2.75, 3.05) is 34.5 Å². The summed E-state index contributed by atoms with van der Waals surface area (Å²) in [5.74, 6) is 1.31. The zero-order chi connectivity index (χ0) is 24.8. The molecule has 2 aromatic rings. The fourth-order valence-corrected chi connectivity index (χ4v) is 3.99. The predicted octanol–water partition coefficient (Wildman–Crippen LogP) is 4.42. The molecule has 0 bridgehead atoms. The minimum absolute atomic E-state index is 0.00455. The molecule has 0 aliphatic carbocycles. The second kappa shape index (κ2) is 11.0. The van der Waals surface area contributed by atoms with Crippen molar-refractivity contribution >= 4 is 12.0 Å². The van der Waals surface area contributed by atoms with Gasteiger partial charge in [0.2, 0.25) is 0 Å². The Morgan fingerprint density at radius 1 is 1.06 bits per heavy atom. The van der Waals surface area contributed by atoms with E-state index in [2.05, 4.69) is 19.2 Å². The third-order valence-electron chi connectivity index (χ3n) is 5.72. The van der Waals surface area contributed by atoms with Gasteiger partial charge in [0, 0.05) is 12.6 Å². The maximum Gasteiger partial charge on any atom is 0.338 e. The van der Waals surface area contributed by atoms with E-state index in [-0.39, 0.29) is 30.7 Å². The van der Waals surface area contributed by atoms with Gasteiger partial charge in [0.25, 0.3) is 0 Å². The van der Waals surface area contributed by atoms with Gasteiger partial charge in [-0.2, -0.15) is 0 Å². The molecule has 1 heterocycles. The minimum Gasteiger partial charge on any atom is -0.493 e. The Bertz CT molecular complexity index is 1080. The number of nitrogens with zero attached hydrogens (tertiary/aromatic N) is 1. The number of benzene rings is 2. The first-order chi connectivity index (χ1) is 16.3. The van der Waals surface area contributed by atoms with Crippen LogP contribution in [0.5, 0.6) is 17.2 Å². The normalized spacial score (nSPS) is 15.8. The van der Waals surface area contributed by atoms with E-state index in [0.717, 1.165) is 5.56 Å². The zero-order valence-corrected chi connectivity index (χ0v) is 20.5. The summed E-state index contributed by atoms with van der Waals surface area (Å²) in [5, 5.41) is 2.89. The third-order valence-corrected chi connectivity index (χ3v) is 5.72. The van der Waals surface area contributed by atoms with Crippen LogP contribution in [0.15, 0.2) is 53.7 Å². The highest BCUT2D eigenvalue weighted by Crippen LogP contribution is 2.40. The van der Waals surface area contributed by atoms with Crippen molar-refractivity contribution in [3.8, 4) is 17.2 Å². The van der Waals surface area contributed by atoms with Crippen LogP contribution in [-0.4, -0.2) is 51.4 Å². The molecule has 3 rings (SSSR count). The van der Waals surface area contributed by atoms with Crippen LogP contribution in [-0.2, 0) is 9.53 Å². The Morgan fingerprint density at radius 2 is 1.76 bits per heavy atom. The quantitative estimate of drug-likeness (QED) is 0.549. The molecule has 182 valence electrons. The van der Waals surface area contributed by atoms with E-state index in [0.29, 0.717) is 28.5 Å². The summed E-state index contributed by atoms with van der Waals surface area (Å²) >= 11 is 0. The molecule has 1 N–H and O–H groups in total. The van der Waals surface area contributed by atoms with E-state index in [4.69, 9.17) is 18.9 Å². The number of urea groups is 1. The average Bonchev–Trinajstić information content (AvgIpc) is 2.84. The summed E-state index contributed by atoms with van der Waals surface area (Å²) in [6.07, 6.45) is 0. The first-order valence-corrected chi connectivity index (χ1v) is 11.2. The lowest BCUT2D eigenvalue weighted by Crippen LogP contribution is -2.48. The molecule has 8 nitrogen and oxygen atoms in total. The molecular formula is C26H32N2O6. The lowest BCUT2D eigenvalue weighted by molar-refractivity contribution is -0.139. The lowest BCUT2D eigenvalue weighted by atomic mass is 9.93. The minimum atomic E-state index is -0.813. The van der Waals surface area contributed by atoms with Gasteiger partial charge >= 0.3 is 12.0 Å². The Labute approximate surface area is 200 Å². The molecule has 8 heteroatoms. The number of para-hydroxylation sites is 2. The maximum atomic E-state index is 13.2. The molecule has 0 aromatic heterocycles. The Hall–Kier alpha value is -3.68. The Kier molecular flexibility index (Phi) is 8.04. The second-order valence-electron chi connectivity index (χ2n) is 8.09. The molecule has 0 fully saturated rings. The van der Waals surface area contributed by atoms with Gasteiger partial charge in [-0.05, 0) is 30.5 Å². The fourth-order valence-electron chi connectivity index (χ4n) is 3.99. The van der Waals surface area contributed by atoms with Gasteiger partial charge in [0.1, 0.15) is 12.4 Å². The van der Waals surface area contributed by atoms with Crippen LogP contribution < -0.4 is 19.5 Å². The molecule has 2 amide bonds. The number of hydrogen-bond donors (Lipinski definition) is 1. The van der Waals surface area contributed by atoms with Crippen molar-refractivity contribution < 1.29 is 28.5 Å². The monoisotopic (exact) mass is 468 g/mol. The Morgan fingerprint density at radius 3 is 2.41 bits per heavy atom. The number of amides is 2. The third kappa shape index (κ3) is 4.95. The summed E-state index contributed by atoms with van der Waals surface area (Å²) in [5.41, 5.74) is 2.30. The number of esters is 1. The van der Waals surface area contributed by atoms with Crippen molar-refractivity contribution in [3.05, 3.63) is 64.9 Å². The van der Waals surface area contributed by atoms with Gasteiger partial charge in [0.15, 0.2) is 11.5 Å². The maximum absolute atomic E-state index is 13.2. The van der Waals surface area contributed by atoms with Crippen LogP contribution in [0.4, 0.5) is 4.79 Å².